The molecule has 0 radical (unpaired) electrons. The van der Waals surface area contributed by atoms with Gasteiger partial charge in [-0.15, -0.1) is 0 Å². The van der Waals surface area contributed by atoms with Gasteiger partial charge < -0.3 is 15.4 Å². The lowest BCUT2D eigenvalue weighted by molar-refractivity contribution is 0.242. The molecular formula is C15H24N2OS. The Bertz CT molecular complexity index is 395. The maximum atomic E-state index is 5.78. The van der Waals surface area contributed by atoms with E-state index in [9.17, 15) is 0 Å². The van der Waals surface area contributed by atoms with Gasteiger partial charge in [0.2, 0.25) is 0 Å². The molecule has 0 saturated heterocycles. The number of hydrogen-bond donors (Lipinski definition) is 1. The van der Waals surface area contributed by atoms with E-state index in [1.165, 1.54) is 6.42 Å². The summed E-state index contributed by atoms with van der Waals surface area (Å²) in [7, 11) is 0. The molecule has 1 rings (SSSR count). The van der Waals surface area contributed by atoms with Gasteiger partial charge >= 0.3 is 0 Å². The summed E-state index contributed by atoms with van der Waals surface area (Å²) in [6.07, 6.45) is 2.21. The Hall–Kier alpha value is -1.13. The molecule has 0 aliphatic rings. The fourth-order valence-electron chi connectivity index (χ4n) is 2.01. The first-order chi connectivity index (χ1) is 9.19. The van der Waals surface area contributed by atoms with E-state index in [-0.39, 0.29) is 0 Å². The highest BCUT2D eigenvalue weighted by molar-refractivity contribution is 7.80. The zero-order chi connectivity index (χ0) is 14.1. The van der Waals surface area contributed by atoms with Gasteiger partial charge in [0.15, 0.2) is 0 Å². The normalized spacial score (nSPS) is 10.7. The highest BCUT2D eigenvalue weighted by Gasteiger charge is 2.05. The van der Waals surface area contributed by atoms with Crippen LogP contribution in [0.3, 0.4) is 0 Å². The summed E-state index contributed by atoms with van der Waals surface area (Å²) in [6.45, 7) is 8.41. The molecule has 0 spiro atoms. The van der Waals surface area contributed by atoms with Crippen LogP contribution in [0.5, 0.6) is 5.75 Å². The number of nitrogens with zero attached hydrogens (tertiary/aromatic N) is 1. The second-order valence-electron chi connectivity index (χ2n) is 4.50. The van der Waals surface area contributed by atoms with Gasteiger partial charge in [-0.05, 0) is 38.1 Å². The second kappa shape index (κ2) is 8.88. The zero-order valence-corrected chi connectivity index (χ0v) is 12.7. The number of para-hydroxylation sites is 1. The molecule has 1 aromatic carbocycles. The molecule has 0 amide bonds. The molecule has 0 aliphatic heterocycles. The van der Waals surface area contributed by atoms with Crippen LogP contribution in [0.1, 0.15) is 32.3 Å². The number of rotatable bonds is 9. The van der Waals surface area contributed by atoms with Crippen molar-refractivity contribution in [1.29, 1.82) is 0 Å². The molecule has 1 aromatic rings. The Morgan fingerprint density at radius 2 is 2.00 bits per heavy atom. The van der Waals surface area contributed by atoms with Crippen molar-refractivity contribution in [2.24, 2.45) is 5.73 Å². The Morgan fingerprint density at radius 1 is 1.26 bits per heavy atom. The zero-order valence-electron chi connectivity index (χ0n) is 11.9. The predicted molar refractivity (Wildman–Crippen MR) is 84.8 cm³/mol. The Labute approximate surface area is 121 Å². The summed E-state index contributed by atoms with van der Waals surface area (Å²) in [5.41, 5.74) is 6.49. The van der Waals surface area contributed by atoms with E-state index in [0.717, 1.165) is 37.4 Å². The van der Waals surface area contributed by atoms with Gasteiger partial charge in [0.25, 0.3) is 0 Å². The largest absolute Gasteiger partial charge is 0.493 e. The molecule has 0 heterocycles. The summed E-state index contributed by atoms with van der Waals surface area (Å²) in [5, 5.41) is 0. The van der Waals surface area contributed by atoms with Gasteiger partial charge in [-0.3, -0.25) is 0 Å². The third-order valence-electron chi connectivity index (χ3n) is 3.02. The number of benzene rings is 1. The van der Waals surface area contributed by atoms with Gasteiger partial charge in [-0.25, -0.2) is 0 Å². The second-order valence-corrected chi connectivity index (χ2v) is 4.94. The maximum absolute atomic E-state index is 5.78. The molecule has 0 unspecified atom stereocenters. The van der Waals surface area contributed by atoms with Crippen molar-refractivity contribution in [1.82, 2.24) is 4.90 Å². The van der Waals surface area contributed by atoms with Gasteiger partial charge in [0.05, 0.1) is 12.2 Å². The van der Waals surface area contributed by atoms with E-state index in [1.807, 2.05) is 24.3 Å². The predicted octanol–water partition coefficient (Wildman–Crippen LogP) is 2.82. The van der Waals surface area contributed by atoms with Gasteiger partial charge in [-0.2, -0.15) is 0 Å². The third-order valence-corrected chi connectivity index (χ3v) is 3.24. The standard InChI is InChI=1S/C15H24N2OS/c1-3-10-17(4-2)11-7-12-18-14-9-6-5-8-13(14)15(16)19/h5-6,8-9H,3-4,7,10-12H2,1-2H3,(H2,16,19). The summed E-state index contributed by atoms with van der Waals surface area (Å²) in [4.78, 5) is 2.82. The van der Waals surface area contributed by atoms with E-state index in [0.29, 0.717) is 11.6 Å². The molecule has 19 heavy (non-hydrogen) atoms. The minimum Gasteiger partial charge on any atom is -0.493 e. The van der Waals surface area contributed by atoms with Crippen LogP contribution in [0.25, 0.3) is 0 Å². The van der Waals surface area contributed by atoms with Gasteiger partial charge in [-0.1, -0.05) is 38.2 Å². The summed E-state index contributed by atoms with van der Waals surface area (Å²) >= 11 is 5.01. The quantitative estimate of drug-likeness (QED) is 0.557. The SMILES string of the molecule is CCCN(CC)CCCOc1ccccc1C(N)=S. The van der Waals surface area contributed by atoms with E-state index in [4.69, 9.17) is 22.7 Å². The molecule has 2 N–H and O–H groups in total. The smallest absolute Gasteiger partial charge is 0.129 e. The summed E-state index contributed by atoms with van der Waals surface area (Å²) < 4.78 is 5.78. The first-order valence-electron chi connectivity index (χ1n) is 6.93. The Balaban J connectivity index is 2.39. The first-order valence-corrected chi connectivity index (χ1v) is 7.33. The van der Waals surface area contributed by atoms with Crippen LogP contribution in [0.2, 0.25) is 0 Å². The minimum absolute atomic E-state index is 0.386. The topological polar surface area (TPSA) is 38.5 Å². The van der Waals surface area contributed by atoms with Crippen molar-refractivity contribution in [3.05, 3.63) is 29.8 Å². The molecule has 0 aromatic heterocycles. The van der Waals surface area contributed by atoms with Crippen molar-refractivity contribution < 1.29 is 4.74 Å². The Morgan fingerprint density at radius 3 is 2.63 bits per heavy atom. The van der Waals surface area contributed by atoms with Crippen LogP contribution < -0.4 is 10.5 Å². The van der Waals surface area contributed by atoms with Crippen molar-refractivity contribution in [3.63, 3.8) is 0 Å². The first kappa shape index (κ1) is 15.9. The lowest BCUT2D eigenvalue weighted by atomic mass is 10.2. The molecule has 0 bridgehead atoms. The molecule has 0 atom stereocenters. The lowest BCUT2D eigenvalue weighted by Gasteiger charge is -2.19. The van der Waals surface area contributed by atoms with E-state index in [2.05, 4.69) is 18.7 Å². The number of ether oxygens (including phenoxy) is 1. The van der Waals surface area contributed by atoms with E-state index in [1.54, 1.807) is 0 Å². The monoisotopic (exact) mass is 280 g/mol. The molecule has 0 fully saturated rings. The van der Waals surface area contributed by atoms with Crippen LogP contribution in [-0.2, 0) is 0 Å². The van der Waals surface area contributed by atoms with Crippen LogP contribution in [0.4, 0.5) is 0 Å². The number of nitrogens with two attached hydrogens (primary N) is 1. The van der Waals surface area contributed by atoms with E-state index < -0.39 is 0 Å². The summed E-state index contributed by atoms with van der Waals surface area (Å²) in [5.74, 6) is 0.786. The summed E-state index contributed by atoms with van der Waals surface area (Å²) in [6, 6.07) is 7.67. The minimum atomic E-state index is 0.386. The molecule has 4 heteroatoms. The number of hydrogen-bond acceptors (Lipinski definition) is 3. The van der Waals surface area contributed by atoms with Crippen molar-refractivity contribution in [2.75, 3.05) is 26.2 Å². The average Bonchev–Trinajstić information content (AvgIpc) is 2.42. The van der Waals surface area contributed by atoms with Crippen LogP contribution in [-0.4, -0.2) is 36.1 Å². The highest BCUT2D eigenvalue weighted by Crippen LogP contribution is 2.17. The van der Waals surface area contributed by atoms with Crippen LogP contribution >= 0.6 is 12.2 Å². The fourth-order valence-corrected chi connectivity index (χ4v) is 2.18. The van der Waals surface area contributed by atoms with Crippen LogP contribution in [0.15, 0.2) is 24.3 Å². The molecular weight excluding hydrogens is 256 g/mol. The average molecular weight is 280 g/mol. The van der Waals surface area contributed by atoms with Crippen molar-refractivity contribution in [2.45, 2.75) is 26.7 Å². The van der Waals surface area contributed by atoms with Gasteiger partial charge in [0, 0.05) is 6.54 Å². The molecule has 0 aliphatic carbocycles. The highest BCUT2D eigenvalue weighted by atomic mass is 32.1. The Kier molecular flexibility index (Phi) is 7.45. The van der Waals surface area contributed by atoms with Crippen molar-refractivity contribution in [3.8, 4) is 5.75 Å². The number of thiocarbonyl (C=S) groups is 1. The van der Waals surface area contributed by atoms with Crippen LogP contribution in [0, 0.1) is 0 Å². The maximum Gasteiger partial charge on any atom is 0.129 e. The molecule has 106 valence electrons. The third kappa shape index (κ3) is 5.57. The molecule has 3 nitrogen and oxygen atoms in total. The van der Waals surface area contributed by atoms with Gasteiger partial charge in [0.1, 0.15) is 10.7 Å². The molecule has 0 saturated carbocycles. The van der Waals surface area contributed by atoms with E-state index >= 15 is 0 Å². The fraction of sp³-hybridized carbons (Fsp3) is 0.533. The lowest BCUT2D eigenvalue weighted by Crippen LogP contribution is -2.26. The van der Waals surface area contributed by atoms with Crippen molar-refractivity contribution >= 4 is 17.2 Å².